The summed E-state index contributed by atoms with van der Waals surface area (Å²) in [6, 6.07) is 4.73. The van der Waals surface area contributed by atoms with Crippen LogP contribution in [0, 0.1) is 10.1 Å². The zero-order valence-electron chi connectivity index (χ0n) is 11.4. The van der Waals surface area contributed by atoms with Crippen molar-refractivity contribution >= 4 is 5.69 Å². The van der Waals surface area contributed by atoms with Crippen molar-refractivity contribution in [3.8, 4) is 5.75 Å². The monoisotopic (exact) mass is 268 g/mol. The highest BCUT2D eigenvalue weighted by molar-refractivity contribution is 5.43. The van der Waals surface area contributed by atoms with Crippen molar-refractivity contribution in [2.45, 2.75) is 39.5 Å². The van der Waals surface area contributed by atoms with Crippen LogP contribution < -0.4 is 10.1 Å². The van der Waals surface area contributed by atoms with Crippen molar-refractivity contribution in [2.24, 2.45) is 0 Å². The lowest BCUT2D eigenvalue weighted by molar-refractivity contribution is -0.384. The molecule has 2 N–H and O–H groups in total. The van der Waals surface area contributed by atoms with Crippen LogP contribution in [0.4, 0.5) is 5.69 Å². The summed E-state index contributed by atoms with van der Waals surface area (Å²) in [7, 11) is 0. The maximum Gasteiger partial charge on any atom is 0.270 e. The number of aliphatic hydroxyl groups is 1. The zero-order valence-corrected chi connectivity index (χ0v) is 11.4. The molecule has 0 amide bonds. The van der Waals surface area contributed by atoms with Gasteiger partial charge >= 0.3 is 0 Å². The smallest absolute Gasteiger partial charge is 0.270 e. The summed E-state index contributed by atoms with van der Waals surface area (Å²) in [5.41, 5.74) is 0.744. The van der Waals surface area contributed by atoms with Gasteiger partial charge in [0.25, 0.3) is 5.69 Å². The molecule has 0 saturated carbocycles. The van der Waals surface area contributed by atoms with E-state index in [1.807, 2.05) is 13.8 Å². The van der Waals surface area contributed by atoms with Crippen molar-refractivity contribution in [3.05, 3.63) is 33.9 Å². The van der Waals surface area contributed by atoms with E-state index in [0.29, 0.717) is 17.9 Å². The van der Waals surface area contributed by atoms with Gasteiger partial charge < -0.3 is 15.2 Å². The Kier molecular flexibility index (Phi) is 5.72. The Morgan fingerprint density at radius 3 is 2.63 bits per heavy atom. The minimum Gasteiger partial charge on any atom is -0.491 e. The Labute approximate surface area is 112 Å². The Bertz CT molecular complexity index is 433. The van der Waals surface area contributed by atoms with Gasteiger partial charge in [-0.25, -0.2) is 0 Å². The van der Waals surface area contributed by atoms with Gasteiger partial charge in [0, 0.05) is 30.3 Å². The summed E-state index contributed by atoms with van der Waals surface area (Å²) < 4.78 is 5.45. The van der Waals surface area contributed by atoms with Crippen molar-refractivity contribution in [2.75, 3.05) is 6.61 Å². The fourth-order valence-electron chi connectivity index (χ4n) is 1.48. The SMILES string of the molecule is CC(O)COc1ccc([N+](=O)[O-])cc1CNC(C)C. The second-order valence-electron chi connectivity index (χ2n) is 4.74. The second-order valence-corrected chi connectivity index (χ2v) is 4.74. The van der Waals surface area contributed by atoms with Crippen LogP contribution in [-0.4, -0.2) is 28.8 Å². The van der Waals surface area contributed by atoms with Crippen molar-refractivity contribution in [3.63, 3.8) is 0 Å². The number of nitro groups is 1. The van der Waals surface area contributed by atoms with E-state index in [1.54, 1.807) is 13.0 Å². The Balaban J connectivity index is 2.90. The van der Waals surface area contributed by atoms with E-state index < -0.39 is 11.0 Å². The van der Waals surface area contributed by atoms with Gasteiger partial charge in [-0.15, -0.1) is 0 Å². The van der Waals surface area contributed by atoms with E-state index in [4.69, 9.17) is 4.74 Å². The molecular weight excluding hydrogens is 248 g/mol. The largest absolute Gasteiger partial charge is 0.491 e. The number of nitrogens with one attached hydrogen (secondary N) is 1. The van der Waals surface area contributed by atoms with Gasteiger partial charge in [-0.2, -0.15) is 0 Å². The van der Waals surface area contributed by atoms with Crippen LogP contribution in [0.5, 0.6) is 5.75 Å². The number of ether oxygens (including phenoxy) is 1. The molecule has 6 nitrogen and oxygen atoms in total. The highest BCUT2D eigenvalue weighted by Gasteiger charge is 2.12. The minimum absolute atomic E-state index is 0.0324. The van der Waals surface area contributed by atoms with Crippen LogP contribution in [0.1, 0.15) is 26.3 Å². The molecule has 1 atom stereocenters. The van der Waals surface area contributed by atoms with Crippen molar-refractivity contribution < 1.29 is 14.8 Å². The first-order valence-corrected chi connectivity index (χ1v) is 6.21. The topological polar surface area (TPSA) is 84.6 Å². The fourth-order valence-corrected chi connectivity index (χ4v) is 1.48. The van der Waals surface area contributed by atoms with Crippen molar-refractivity contribution in [1.29, 1.82) is 0 Å². The average molecular weight is 268 g/mol. The van der Waals surface area contributed by atoms with Crippen LogP contribution in [0.15, 0.2) is 18.2 Å². The van der Waals surface area contributed by atoms with E-state index in [0.717, 1.165) is 0 Å². The lowest BCUT2D eigenvalue weighted by Gasteiger charge is -2.14. The van der Waals surface area contributed by atoms with Gasteiger partial charge in [0.05, 0.1) is 11.0 Å². The molecule has 1 aromatic rings. The van der Waals surface area contributed by atoms with E-state index in [9.17, 15) is 15.2 Å². The molecule has 0 heterocycles. The summed E-state index contributed by atoms with van der Waals surface area (Å²) in [5, 5.41) is 23.2. The van der Waals surface area contributed by atoms with E-state index in [-0.39, 0.29) is 18.3 Å². The van der Waals surface area contributed by atoms with E-state index in [1.165, 1.54) is 12.1 Å². The van der Waals surface area contributed by atoms with Gasteiger partial charge in [0.15, 0.2) is 0 Å². The lowest BCUT2D eigenvalue weighted by Crippen LogP contribution is -2.22. The molecule has 0 aliphatic heterocycles. The summed E-state index contributed by atoms with van der Waals surface area (Å²) in [6.45, 7) is 6.25. The third kappa shape index (κ3) is 5.23. The fraction of sp³-hybridized carbons (Fsp3) is 0.538. The second kappa shape index (κ2) is 7.06. The van der Waals surface area contributed by atoms with E-state index in [2.05, 4.69) is 5.32 Å². The first-order chi connectivity index (χ1) is 8.90. The van der Waals surface area contributed by atoms with Crippen LogP contribution in [0.25, 0.3) is 0 Å². The summed E-state index contributed by atoms with van der Waals surface area (Å²) >= 11 is 0. The van der Waals surface area contributed by atoms with Gasteiger partial charge in [-0.3, -0.25) is 10.1 Å². The number of nitrogens with zero attached hydrogens (tertiary/aromatic N) is 1. The number of non-ortho nitro benzene ring substituents is 1. The Morgan fingerprint density at radius 1 is 1.42 bits per heavy atom. The number of aliphatic hydroxyl groups excluding tert-OH is 1. The first-order valence-electron chi connectivity index (χ1n) is 6.21. The molecular formula is C13H20N2O4. The quantitative estimate of drug-likeness (QED) is 0.582. The molecule has 0 aliphatic carbocycles. The number of rotatable bonds is 7. The predicted molar refractivity (Wildman–Crippen MR) is 72.2 cm³/mol. The molecule has 0 aliphatic rings. The van der Waals surface area contributed by atoms with Crippen LogP contribution >= 0.6 is 0 Å². The van der Waals surface area contributed by atoms with Crippen LogP contribution in [-0.2, 0) is 6.54 Å². The first kappa shape index (κ1) is 15.4. The average Bonchev–Trinajstić information content (AvgIpc) is 2.33. The molecule has 0 saturated heterocycles. The highest BCUT2D eigenvalue weighted by atomic mass is 16.6. The molecule has 1 rings (SSSR count). The minimum atomic E-state index is -0.582. The van der Waals surface area contributed by atoms with Gasteiger partial charge in [0.2, 0.25) is 0 Å². The third-order valence-electron chi connectivity index (χ3n) is 2.44. The molecule has 0 spiro atoms. The predicted octanol–water partition coefficient (Wildman–Crippen LogP) is 1.85. The standard InChI is InChI=1S/C13H20N2O4/c1-9(2)14-7-11-6-12(15(17)18)4-5-13(11)19-8-10(3)16/h4-6,9-10,14,16H,7-8H2,1-3H3. The highest BCUT2D eigenvalue weighted by Crippen LogP contribution is 2.24. The normalized spacial score (nSPS) is 12.5. The number of benzene rings is 1. The van der Waals surface area contributed by atoms with Gasteiger partial charge in [-0.1, -0.05) is 13.8 Å². The third-order valence-corrected chi connectivity index (χ3v) is 2.44. The Morgan fingerprint density at radius 2 is 2.11 bits per heavy atom. The maximum atomic E-state index is 10.8. The van der Waals surface area contributed by atoms with E-state index >= 15 is 0 Å². The molecule has 0 fully saturated rings. The summed E-state index contributed by atoms with van der Waals surface area (Å²) in [6.07, 6.45) is -0.582. The zero-order chi connectivity index (χ0) is 14.4. The molecule has 19 heavy (non-hydrogen) atoms. The molecule has 1 aromatic carbocycles. The van der Waals surface area contributed by atoms with Crippen LogP contribution in [0.2, 0.25) is 0 Å². The molecule has 0 aromatic heterocycles. The van der Waals surface area contributed by atoms with Crippen LogP contribution in [0.3, 0.4) is 0 Å². The number of nitro benzene ring substituents is 1. The number of hydrogen-bond acceptors (Lipinski definition) is 5. The molecule has 0 radical (unpaired) electrons. The maximum absolute atomic E-state index is 10.8. The van der Waals surface area contributed by atoms with Crippen molar-refractivity contribution in [1.82, 2.24) is 5.32 Å². The lowest BCUT2D eigenvalue weighted by atomic mass is 10.1. The molecule has 0 bridgehead atoms. The summed E-state index contributed by atoms with van der Waals surface area (Å²) in [4.78, 5) is 10.3. The molecule has 1 unspecified atom stereocenters. The number of hydrogen-bond donors (Lipinski definition) is 2. The molecule has 6 heteroatoms. The molecule has 106 valence electrons. The Hall–Kier alpha value is -1.66. The van der Waals surface area contributed by atoms with Gasteiger partial charge in [-0.05, 0) is 13.0 Å². The van der Waals surface area contributed by atoms with Gasteiger partial charge in [0.1, 0.15) is 12.4 Å². The summed E-state index contributed by atoms with van der Waals surface area (Å²) in [5.74, 6) is 0.555.